The minimum absolute atomic E-state index is 0.0345. The fourth-order valence-electron chi connectivity index (χ4n) is 4.34. The molecule has 1 atom stereocenters. The van der Waals surface area contributed by atoms with Gasteiger partial charge in [-0.1, -0.05) is 12.1 Å². The van der Waals surface area contributed by atoms with Crippen LogP contribution in [0.2, 0.25) is 0 Å². The molecule has 2 aromatic carbocycles. The van der Waals surface area contributed by atoms with Gasteiger partial charge in [-0.25, -0.2) is 0 Å². The third kappa shape index (κ3) is 3.85. The predicted octanol–water partition coefficient (Wildman–Crippen LogP) is 3.25. The lowest BCUT2D eigenvalue weighted by atomic mass is 10.0. The zero-order valence-electron chi connectivity index (χ0n) is 16.8. The number of rotatable bonds is 6. The molecule has 1 amide bonds. The molecule has 4 rings (SSSR count). The summed E-state index contributed by atoms with van der Waals surface area (Å²) >= 11 is 0. The van der Waals surface area contributed by atoms with Crippen LogP contribution in [0.25, 0.3) is 0 Å². The normalized spacial score (nSPS) is 17.4. The summed E-state index contributed by atoms with van der Waals surface area (Å²) in [7, 11) is 3.78. The highest BCUT2D eigenvalue weighted by atomic mass is 16.5. The number of nitrogens with zero attached hydrogens (tertiary/aromatic N) is 2. The van der Waals surface area contributed by atoms with Crippen LogP contribution in [0.15, 0.2) is 42.5 Å². The van der Waals surface area contributed by atoms with Gasteiger partial charge in [0.1, 0.15) is 5.75 Å². The van der Waals surface area contributed by atoms with Crippen LogP contribution < -0.4 is 15.0 Å². The molecule has 5 heteroatoms. The molecule has 0 spiro atoms. The van der Waals surface area contributed by atoms with E-state index < -0.39 is 0 Å². The van der Waals surface area contributed by atoms with Crippen molar-refractivity contribution in [3.63, 3.8) is 0 Å². The van der Waals surface area contributed by atoms with E-state index in [2.05, 4.69) is 40.4 Å². The fraction of sp³-hybridized carbons (Fsp3) is 0.435. The van der Waals surface area contributed by atoms with Crippen molar-refractivity contribution in [2.75, 3.05) is 45.2 Å². The van der Waals surface area contributed by atoms with Gasteiger partial charge in [-0.3, -0.25) is 9.69 Å². The van der Waals surface area contributed by atoms with Gasteiger partial charge in [-0.2, -0.15) is 0 Å². The van der Waals surface area contributed by atoms with Gasteiger partial charge in [-0.05, 0) is 73.8 Å². The first-order valence-corrected chi connectivity index (χ1v) is 10.2. The Bertz CT molecular complexity index is 828. The van der Waals surface area contributed by atoms with E-state index in [0.29, 0.717) is 12.1 Å². The SMILES string of the molecule is COc1ccc(C(=O)NCC(c2ccc3c(c2)CCN3C)N2CCCC2)cc1. The number of benzene rings is 2. The molecule has 1 fully saturated rings. The van der Waals surface area contributed by atoms with Crippen molar-refractivity contribution in [2.24, 2.45) is 0 Å². The monoisotopic (exact) mass is 379 g/mol. The highest BCUT2D eigenvalue weighted by molar-refractivity contribution is 5.94. The molecule has 1 saturated heterocycles. The molecular formula is C23H29N3O2. The maximum absolute atomic E-state index is 12.6. The van der Waals surface area contributed by atoms with Gasteiger partial charge in [0, 0.05) is 31.4 Å². The Morgan fingerprint density at radius 3 is 2.57 bits per heavy atom. The van der Waals surface area contributed by atoms with Crippen molar-refractivity contribution in [1.29, 1.82) is 0 Å². The standard InChI is InChI=1S/C23H29N3O2/c1-25-14-11-19-15-18(7-10-21(19)25)22(26-12-3-4-13-26)16-24-23(27)17-5-8-20(28-2)9-6-17/h5-10,15,22H,3-4,11-14,16H2,1-2H3,(H,24,27). The highest BCUT2D eigenvalue weighted by Gasteiger charge is 2.26. The Balaban J connectivity index is 1.49. The second-order valence-corrected chi connectivity index (χ2v) is 7.76. The minimum Gasteiger partial charge on any atom is -0.497 e. The Labute approximate surface area is 167 Å². The maximum atomic E-state index is 12.6. The summed E-state index contributed by atoms with van der Waals surface area (Å²) in [4.78, 5) is 17.5. The number of nitrogens with one attached hydrogen (secondary N) is 1. The number of hydrogen-bond acceptors (Lipinski definition) is 4. The number of methoxy groups -OCH3 is 1. The van der Waals surface area contributed by atoms with Gasteiger partial charge in [0.2, 0.25) is 0 Å². The van der Waals surface area contributed by atoms with Crippen molar-refractivity contribution < 1.29 is 9.53 Å². The molecule has 5 nitrogen and oxygen atoms in total. The Kier molecular flexibility index (Phi) is 5.53. The number of fused-ring (bicyclic) bond motifs is 1. The molecule has 0 radical (unpaired) electrons. The molecule has 2 aliphatic rings. The van der Waals surface area contributed by atoms with Gasteiger partial charge in [0.15, 0.2) is 0 Å². The summed E-state index contributed by atoms with van der Waals surface area (Å²) in [6.07, 6.45) is 3.57. The summed E-state index contributed by atoms with van der Waals surface area (Å²) in [6.45, 7) is 3.90. The second kappa shape index (κ2) is 8.23. The second-order valence-electron chi connectivity index (χ2n) is 7.76. The lowest BCUT2D eigenvalue weighted by Gasteiger charge is -2.29. The lowest BCUT2D eigenvalue weighted by molar-refractivity contribution is 0.0938. The third-order valence-electron chi connectivity index (χ3n) is 6.01. The smallest absolute Gasteiger partial charge is 0.251 e. The summed E-state index contributed by atoms with van der Waals surface area (Å²) in [6, 6.07) is 14.3. The van der Waals surface area contributed by atoms with E-state index in [1.54, 1.807) is 7.11 Å². The first-order chi connectivity index (χ1) is 13.7. The maximum Gasteiger partial charge on any atom is 0.251 e. The molecule has 0 saturated carbocycles. The third-order valence-corrected chi connectivity index (χ3v) is 6.01. The molecule has 1 N–H and O–H groups in total. The lowest BCUT2D eigenvalue weighted by Crippen LogP contribution is -2.36. The Morgan fingerprint density at radius 2 is 1.86 bits per heavy atom. The van der Waals surface area contributed by atoms with Crippen LogP contribution in [0.5, 0.6) is 5.75 Å². The first-order valence-electron chi connectivity index (χ1n) is 10.2. The van der Waals surface area contributed by atoms with Gasteiger partial charge >= 0.3 is 0 Å². The molecule has 2 heterocycles. The Hall–Kier alpha value is -2.53. The molecular weight excluding hydrogens is 350 g/mol. The van der Waals surface area contributed by atoms with Crippen LogP contribution in [-0.2, 0) is 6.42 Å². The average molecular weight is 380 g/mol. The Morgan fingerprint density at radius 1 is 1.11 bits per heavy atom. The quantitative estimate of drug-likeness (QED) is 0.837. The fourth-order valence-corrected chi connectivity index (χ4v) is 4.34. The topological polar surface area (TPSA) is 44.8 Å². The van der Waals surface area contributed by atoms with Crippen LogP contribution in [0.1, 0.15) is 40.4 Å². The first kappa shape index (κ1) is 18.8. The number of carbonyl (C=O) groups is 1. The predicted molar refractivity (Wildman–Crippen MR) is 112 cm³/mol. The summed E-state index contributed by atoms with van der Waals surface area (Å²) in [5.74, 6) is 0.724. The zero-order chi connectivity index (χ0) is 19.5. The highest BCUT2D eigenvalue weighted by Crippen LogP contribution is 2.32. The van der Waals surface area contributed by atoms with E-state index in [9.17, 15) is 4.79 Å². The molecule has 28 heavy (non-hydrogen) atoms. The van der Waals surface area contributed by atoms with Crippen LogP contribution in [0.4, 0.5) is 5.69 Å². The van der Waals surface area contributed by atoms with E-state index in [4.69, 9.17) is 4.74 Å². The van der Waals surface area contributed by atoms with Crippen LogP contribution in [-0.4, -0.2) is 51.1 Å². The average Bonchev–Trinajstić information content (AvgIpc) is 3.38. The van der Waals surface area contributed by atoms with E-state index >= 15 is 0 Å². The molecule has 2 aliphatic heterocycles. The van der Waals surface area contributed by atoms with Crippen molar-refractivity contribution in [3.05, 3.63) is 59.2 Å². The number of anilines is 1. The molecule has 2 aromatic rings. The number of ether oxygens (including phenoxy) is 1. The van der Waals surface area contributed by atoms with Crippen LogP contribution in [0, 0.1) is 0 Å². The molecule has 148 valence electrons. The van der Waals surface area contributed by atoms with E-state index in [-0.39, 0.29) is 11.9 Å². The molecule has 1 unspecified atom stereocenters. The van der Waals surface area contributed by atoms with Crippen LogP contribution in [0.3, 0.4) is 0 Å². The summed E-state index contributed by atoms with van der Waals surface area (Å²) < 4.78 is 5.17. The van der Waals surface area contributed by atoms with Gasteiger partial charge < -0.3 is 15.0 Å². The zero-order valence-corrected chi connectivity index (χ0v) is 16.8. The number of likely N-dealkylation sites (N-methyl/N-ethyl adjacent to an activating group) is 1. The van der Waals surface area contributed by atoms with E-state index in [1.807, 2.05) is 24.3 Å². The number of amides is 1. The van der Waals surface area contributed by atoms with Crippen LogP contribution >= 0.6 is 0 Å². The minimum atomic E-state index is -0.0345. The largest absolute Gasteiger partial charge is 0.497 e. The number of carbonyl (C=O) groups excluding carboxylic acids is 1. The van der Waals surface area contributed by atoms with E-state index in [0.717, 1.165) is 31.8 Å². The van der Waals surface area contributed by atoms with Crippen molar-refractivity contribution in [3.8, 4) is 5.75 Å². The van der Waals surface area contributed by atoms with Crippen molar-refractivity contribution in [2.45, 2.75) is 25.3 Å². The van der Waals surface area contributed by atoms with Crippen molar-refractivity contribution in [1.82, 2.24) is 10.2 Å². The molecule has 0 bridgehead atoms. The van der Waals surface area contributed by atoms with E-state index in [1.165, 1.54) is 29.7 Å². The summed E-state index contributed by atoms with van der Waals surface area (Å²) in [5.41, 5.74) is 4.74. The number of likely N-dealkylation sites (tertiary alicyclic amines) is 1. The molecule has 0 aliphatic carbocycles. The van der Waals surface area contributed by atoms with Gasteiger partial charge in [-0.15, -0.1) is 0 Å². The van der Waals surface area contributed by atoms with Gasteiger partial charge in [0.25, 0.3) is 5.91 Å². The van der Waals surface area contributed by atoms with Gasteiger partial charge in [0.05, 0.1) is 13.2 Å². The summed E-state index contributed by atoms with van der Waals surface area (Å²) in [5, 5.41) is 3.16. The number of hydrogen-bond donors (Lipinski definition) is 1. The van der Waals surface area contributed by atoms with Crippen molar-refractivity contribution >= 4 is 11.6 Å². The molecule has 0 aromatic heterocycles.